The Morgan fingerprint density at radius 3 is 3.00 bits per heavy atom. The average molecular weight is 270 g/mol. The monoisotopic (exact) mass is 269 g/mol. The van der Waals surface area contributed by atoms with Gasteiger partial charge in [-0.2, -0.15) is 0 Å². The van der Waals surface area contributed by atoms with Gasteiger partial charge in [-0.1, -0.05) is 37.8 Å². The second-order valence-electron chi connectivity index (χ2n) is 5.65. The summed E-state index contributed by atoms with van der Waals surface area (Å²) in [7, 11) is 0. The van der Waals surface area contributed by atoms with Crippen LogP contribution in [-0.2, 0) is 6.42 Å². The Morgan fingerprint density at radius 1 is 1.50 bits per heavy atom. The summed E-state index contributed by atoms with van der Waals surface area (Å²) in [6.07, 6.45) is 6.33. The van der Waals surface area contributed by atoms with Crippen LogP contribution in [0.3, 0.4) is 0 Å². The maximum absolute atomic E-state index is 13.3. The lowest BCUT2D eigenvalue weighted by Crippen LogP contribution is -2.46. The average Bonchev–Trinajstić information content (AvgIpc) is 2.33. The minimum absolute atomic E-state index is 0.212. The lowest BCUT2D eigenvalue weighted by molar-refractivity contribution is 0.218. The van der Waals surface area contributed by atoms with Crippen molar-refractivity contribution < 1.29 is 4.39 Å². The predicted molar refractivity (Wildman–Crippen MR) is 74.3 cm³/mol. The number of hydrogen-bond donors (Lipinski definition) is 1. The minimum atomic E-state index is -0.235. The van der Waals surface area contributed by atoms with Crippen molar-refractivity contribution in [1.29, 1.82) is 0 Å². The summed E-state index contributed by atoms with van der Waals surface area (Å²) in [5.74, 6) is 0.469. The molecular formula is C15H21ClFN. The van der Waals surface area contributed by atoms with E-state index in [2.05, 4.69) is 6.92 Å². The van der Waals surface area contributed by atoms with Crippen LogP contribution < -0.4 is 5.73 Å². The highest BCUT2D eigenvalue weighted by molar-refractivity contribution is 6.31. The van der Waals surface area contributed by atoms with Crippen molar-refractivity contribution in [2.75, 3.05) is 0 Å². The molecule has 2 N–H and O–H groups in total. The van der Waals surface area contributed by atoms with E-state index in [0.717, 1.165) is 18.4 Å². The first kappa shape index (κ1) is 13.8. The Kier molecular flexibility index (Phi) is 4.29. The molecule has 2 unspecified atom stereocenters. The van der Waals surface area contributed by atoms with Gasteiger partial charge in [0.2, 0.25) is 0 Å². The van der Waals surface area contributed by atoms with Crippen LogP contribution in [0.1, 0.15) is 44.6 Å². The van der Waals surface area contributed by atoms with E-state index < -0.39 is 0 Å². The molecule has 0 heterocycles. The van der Waals surface area contributed by atoms with E-state index in [1.54, 1.807) is 6.07 Å². The molecule has 2 rings (SSSR count). The molecule has 0 aromatic heterocycles. The fraction of sp³-hybridized carbons (Fsp3) is 0.600. The summed E-state index contributed by atoms with van der Waals surface area (Å²) in [6.45, 7) is 2.21. The summed E-state index contributed by atoms with van der Waals surface area (Å²) in [5.41, 5.74) is 7.13. The van der Waals surface area contributed by atoms with Gasteiger partial charge in [-0.3, -0.25) is 0 Å². The first-order chi connectivity index (χ1) is 8.52. The van der Waals surface area contributed by atoms with E-state index in [1.165, 1.54) is 31.4 Å². The first-order valence-corrected chi connectivity index (χ1v) is 7.13. The molecule has 100 valence electrons. The third-order valence-electron chi connectivity index (χ3n) is 4.11. The highest BCUT2D eigenvalue weighted by Gasteiger charge is 2.32. The van der Waals surface area contributed by atoms with Gasteiger partial charge in [-0.05, 0) is 48.9 Å². The molecule has 1 aromatic carbocycles. The number of benzene rings is 1. The van der Waals surface area contributed by atoms with Crippen LogP contribution in [0.15, 0.2) is 18.2 Å². The second-order valence-corrected chi connectivity index (χ2v) is 6.05. The standard InChI is InChI=1S/C15H21ClFN/c1-2-11-4-3-7-15(18,9-11)10-12-8-13(17)5-6-14(12)16/h5-6,8,11H,2-4,7,9-10,18H2,1H3. The Hall–Kier alpha value is -0.600. The van der Waals surface area contributed by atoms with Gasteiger partial charge in [0.1, 0.15) is 5.82 Å². The number of hydrogen-bond acceptors (Lipinski definition) is 1. The number of halogens is 2. The molecule has 0 saturated heterocycles. The molecule has 0 spiro atoms. The van der Waals surface area contributed by atoms with E-state index in [0.29, 0.717) is 17.4 Å². The molecule has 0 amide bonds. The van der Waals surface area contributed by atoms with Crippen molar-refractivity contribution in [3.05, 3.63) is 34.6 Å². The van der Waals surface area contributed by atoms with Gasteiger partial charge in [-0.15, -0.1) is 0 Å². The van der Waals surface area contributed by atoms with Gasteiger partial charge >= 0.3 is 0 Å². The molecule has 1 aliphatic rings. The van der Waals surface area contributed by atoms with Crippen molar-refractivity contribution in [1.82, 2.24) is 0 Å². The SMILES string of the molecule is CCC1CCCC(N)(Cc2cc(F)ccc2Cl)C1. The van der Waals surface area contributed by atoms with Gasteiger partial charge in [0.15, 0.2) is 0 Å². The fourth-order valence-corrected chi connectivity index (χ4v) is 3.27. The van der Waals surface area contributed by atoms with Crippen molar-refractivity contribution >= 4 is 11.6 Å². The van der Waals surface area contributed by atoms with Crippen LogP contribution in [0, 0.1) is 11.7 Å². The summed E-state index contributed by atoms with van der Waals surface area (Å²) >= 11 is 6.13. The van der Waals surface area contributed by atoms with Crippen LogP contribution in [-0.4, -0.2) is 5.54 Å². The third kappa shape index (κ3) is 3.24. The van der Waals surface area contributed by atoms with E-state index >= 15 is 0 Å². The van der Waals surface area contributed by atoms with Crippen LogP contribution in [0.5, 0.6) is 0 Å². The quantitative estimate of drug-likeness (QED) is 0.869. The number of rotatable bonds is 3. The molecule has 3 heteroatoms. The minimum Gasteiger partial charge on any atom is -0.325 e. The lowest BCUT2D eigenvalue weighted by Gasteiger charge is -2.38. The highest BCUT2D eigenvalue weighted by Crippen LogP contribution is 2.35. The third-order valence-corrected chi connectivity index (χ3v) is 4.48. The predicted octanol–water partition coefficient (Wildman–Crippen LogP) is 4.32. The summed E-state index contributed by atoms with van der Waals surface area (Å²) in [4.78, 5) is 0. The van der Waals surface area contributed by atoms with Gasteiger partial charge < -0.3 is 5.73 Å². The van der Waals surface area contributed by atoms with Gasteiger partial charge in [0.05, 0.1) is 0 Å². The summed E-state index contributed by atoms with van der Waals surface area (Å²) < 4.78 is 13.3. The van der Waals surface area contributed by atoms with Crippen LogP contribution in [0.2, 0.25) is 5.02 Å². The van der Waals surface area contributed by atoms with Gasteiger partial charge in [0.25, 0.3) is 0 Å². The molecular weight excluding hydrogens is 249 g/mol. The zero-order valence-corrected chi connectivity index (χ0v) is 11.6. The molecule has 1 fully saturated rings. The highest BCUT2D eigenvalue weighted by atomic mass is 35.5. The molecule has 0 bridgehead atoms. The van der Waals surface area contributed by atoms with Gasteiger partial charge in [0, 0.05) is 10.6 Å². The molecule has 2 atom stereocenters. The molecule has 0 radical (unpaired) electrons. The molecule has 18 heavy (non-hydrogen) atoms. The van der Waals surface area contributed by atoms with Crippen LogP contribution >= 0.6 is 11.6 Å². The first-order valence-electron chi connectivity index (χ1n) is 6.75. The zero-order valence-electron chi connectivity index (χ0n) is 10.9. The molecule has 1 aromatic rings. The number of nitrogens with two attached hydrogens (primary N) is 1. The van der Waals surface area contributed by atoms with E-state index in [-0.39, 0.29) is 11.4 Å². The smallest absolute Gasteiger partial charge is 0.123 e. The Morgan fingerprint density at radius 2 is 2.28 bits per heavy atom. The zero-order chi connectivity index (χ0) is 13.2. The van der Waals surface area contributed by atoms with E-state index in [9.17, 15) is 4.39 Å². The van der Waals surface area contributed by atoms with Crippen LogP contribution in [0.4, 0.5) is 4.39 Å². The lowest BCUT2D eigenvalue weighted by atomic mass is 9.72. The summed E-state index contributed by atoms with van der Waals surface area (Å²) in [6, 6.07) is 4.53. The van der Waals surface area contributed by atoms with Crippen molar-refractivity contribution in [2.24, 2.45) is 11.7 Å². The van der Waals surface area contributed by atoms with E-state index in [1.807, 2.05) is 0 Å². The van der Waals surface area contributed by atoms with Gasteiger partial charge in [-0.25, -0.2) is 4.39 Å². The van der Waals surface area contributed by atoms with Crippen molar-refractivity contribution in [3.63, 3.8) is 0 Å². The van der Waals surface area contributed by atoms with Crippen molar-refractivity contribution in [3.8, 4) is 0 Å². The Balaban J connectivity index is 2.14. The van der Waals surface area contributed by atoms with Crippen LogP contribution in [0.25, 0.3) is 0 Å². The largest absolute Gasteiger partial charge is 0.325 e. The molecule has 0 aliphatic heterocycles. The topological polar surface area (TPSA) is 26.0 Å². The Bertz CT molecular complexity index is 421. The van der Waals surface area contributed by atoms with Crippen molar-refractivity contribution in [2.45, 2.75) is 51.0 Å². The normalized spacial score (nSPS) is 28.3. The Labute approximate surface area is 114 Å². The maximum atomic E-state index is 13.3. The molecule has 1 nitrogen and oxygen atoms in total. The molecule has 1 aliphatic carbocycles. The van der Waals surface area contributed by atoms with E-state index in [4.69, 9.17) is 17.3 Å². The fourth-order valence-electron chi connectivity index (χ4n) is 3.09. The maximum Gasteiger partial charge on any atom is 0.123 e. The molecule has 1 saturated carbocycles. The summed E-state index contributed by atoms with van der Waals surface area (Å²) in [5, 5.41) is 0.625. The second kappa shape index (κ2) is 5.58.